The highest BCUT2D eigenvalue weighted by Gasteiger charge is 2.25. The van der Waals surface area contributed by atoms with Gasteiger partial charge in [0.05, 0.1) is 18.8 Å². The van der Waals surface area contributed by atoms with Gasteiger partial charge in [0, 0.05) is 0 Å². The van der Waals surface area contributed by atoms with Crippen molar-refractivity contribution < 1.29 is 10.2 Å². The summed E-state index contributed by atoms with van der Waals surface area (Å²) in [5, 5.41) is 18.6. The van der Waals surface area contributed by atoms with Crippen molar-refractivity contribution in [3.8, 4) is 0 Å². The average Bonchev–Trinajstić information content (AvgIpc) is 2.57. The molecule has 0 atom stereocenters. The maximum Gasteiger partial charge on any atom is 0.0878 e. The number of nitrogens with two attached hydrogens (primary N) is 1. The number of aryl methyl sites for hydroxylation is 1. The Bertz CT molecular complexity index is 385. The molecule has 0 radical (unpaired) electrons. The Morgan fingerprint density at radius 3 is 1.82 bits per heavy atom. The first-order valence-electron chi connectivity index (χ1n) is 8.76. The van der Waals surface area contributed by atoms with E-state index in [0.29, 0.717) is 0 Å². The fourth-order valence-electron chi connectivity index (χ4n) is 2.70. The molecule has 0 fully saturated rings. The Labute approximate surface area is 135 Å². The number of aliphatic hydroxyl groups excluding tert-OH is 2. The van der Waals surface area contributed by atoms with E-state index in [1.807, 2.05) is 12.1 Å². The van der Waals surface area contributed by atoms with Crippen LogP contribution in [0.5, 0.6) is 0 Å². The van der Waals surface area contributed by atoms with Crippen LogP contribution in [0.25, 0.3) is 0 Å². The predicted octanol–water partition coefficient (Wildman–Crippen LogP) is 3.51. The zero-order valence-electron chi connectivity index (χ0n) is 14.1. The monoisotopic (exact) mass is 307 g/mol. The number of hydrogen-bond acceptors (Lipinski definition) is 3. The second-order valence-corrected chi connectivity index (χ2v) is 6.39. The first-order chi connectivity index (χ1) is 10.7. The van der Waals surface area contributed by atoms with Gasteiger partial charge in [0.1, 0.15) is 0 Å². The second kappa shape index (κ2) is 10.8. The normalized spacial score (nSPS) is 11.8. The van der Waals surface area contributed by atoms with Crippen LogP contribution in [0.2, 0.25) is 0 Å². The number of unbranched alkanes of at least 4 members (excludes halogenated alkanes) is 7. The van der Waals surface area contributed by atoms with Gasteiger partial charge < -0.3 is 15.9 Å². The van der Waals surface area contributed by atoms with Crippen molar-refractivity contribution in [2.24, 2.45) is 5.73 Å². The molecular formula is C19H33NO2. The number of benzene rings is 1. The summed E-state index contributed by atoms with van der Waals surface area (Å²) >= 11 is 0. The molecule has 0 spiro atoms. The topological polar surface area (TPSA) is 66.5 Å². The van der Waals surface area contributed by atoms with Crippen LogP contribution in [0.15, 0.2) is 24.3 Å². The zero-order chi connectivity index (χ0) is 16.3. The highest BCUT2D eigenvalue weighted by molar-refractivity contribution is 5.28. The van der Waals surface area contributed by atoms with E-state index in [1.165, 1.54) is 56.9 Å². The average molecular weight is 307 g/mol. The lowest BCUT2D eigenvalue weighted by atomic mass is 9.91. The van der Waals surface area contributed by atoms with E-state index in [-0.39, 0.29) is 13.2 Å². The molecule has 0 aliphatic rings. The number of hydrogen-bond donors (Lipinski definition) is 3. The van der Waals surface area contributed by atoms with Crippen LogP contribution in [-0.4, -0.2) is 23.4 Å². The molecular weight excluding hydrogens is 274 g/mol. The van der Waals surface area contributed by atoms with Crippen molar-refractivity contribution in [3.05, 3.63) is 35.4 Å². The molecule has 0 unspecified atom stereocenters. The van der Waals surface area contributed by atoms with Crippen LogP contribution in [-0.2, 0) is 12.0 Å². The Balaban J connectivity index is 2.25. The molecule has 0 saturated heterocycles. The lowest BCUT2D eigenvalue weighted by molar-refractivity contribution is 0.121. The van der Waals surface area contributed by atoms with Gasteiger partial charge in [-0.1, -0.05) is 76.1 Å². The van der Waals surface area contributed by atoms with Gasteiger partial charge in [-0.05, 0) is 24.0 Å². The van der Waals surface area contributed by atoms with Gasteiger partial charge in [0.25, 0.3) is 0 Å². The van der Waals surface area contributed by atoms with Gasteiger partial charge in [-0.3, -0.25) is 0 Å². The summed E-state index contributed by atoms with van der Waals surface area (Å²) in [6.45, 7) is 1.75. The molecule has 1 aromatic carbocycles. The minimum Gasteiger partial charge on any atom is -0.394 e. The molecule has 0 aliphatic heterocycles. The lowest BCUT2D eigenvalue weighted by Crippen LogP contribution is -2.44. The summed E-state index contributed by atoms with van der Waals surface area (Å²) in [5.74, 6) is 0. The fourth-order valence-corrected chi connectivity index (χ4v) is 2.70. The summed E-state index contributed by atoms with van der Waals surface area (Å²) in [5.41, 5.74) is 7.01. The van der Waals surface area contributed by atoms with E-state index in [9.17, 15) is 10.2 Å². The Morgan fingerprint density at radius 1 is 0.818 bits per heavy atom. The van der Waals surface area contributed by atoms with Crippen molar-refractivity contribution in [2.45, 2.75) is 70.3 Å². The van der Waals surface area contributed by atoms with Crippen LogP contribution in [0.3, 0.4) is 0 Å². The van der Waals surface area contributed by atoms with Gasteiger partial charge in [-0.25, -0.2) is 0 Å². The molecule has 126 valence electrons. The van der Waals surface area contributed by atoms with Crippen LogP contribution in [0.4, 0.5) is 0 Å². The summed E-state index contributed by atoms with van der Waals surface area (Å²) in [4.78, 5) is 0. The van der Waals surface area contributed by atoms with Crippen molar-refractivity contribution in [1.82, 2.24) is 0 Å². The summed E-state index contributed by atoms with van der Waals surface area (Å²) in [6, 6.07) is 7.96. The van der Waals surface area contributed by atoms with Gasteiger partial charge in [0.2, 0.25) is 0 Å². The van der Waals surface area contributed by atoms with E-state index in [4.69, 9.17) is 5.73 Å². The molecule has 0 amide bonds. The van der Waals surface area contributed by atoms with Crippen LogP contribution in [0.1, 0.15) is 69.4 Å². The maximum atomic E-state index is 9.30. The quantitative estimate of drug-likeness (QED) is 0.518. The third kappa shape index (κ3) is 6.47. The molecule has 3 nitrogen and oxygen atoms in total. The van der Waals surface area contributed by atoms with Gasteiger partial charge in [-0.15, -0.1) is 0 Å². The first kappa shape index (κ1) is 19.1. The van der Waals surface area contributed by atoms with Crippen LogP contribution < -0.4 is 5.73 Å². The molecule has 1 aromatic rings. The third-order valence-corrected chi connectivity index (χ3v) is 4.41. The highest BCUT2D eigenvalue weighted by Crippen LogP contribution is 2.19. The van der Waals surface area contributed by atoms with Crippen molar-refractivity contribution in [2.75, 3.05) is 13.2 Å². The molecule has 0 bridgehead atoms. The lowest BCUT2D eigenvalue weighted by Gasteiger charge is -2.25. The van der Waals surface area contributed by atoms with Crippen molar-refractivity contribution >= 4 is 0 Å². The molecule has 0 heterocycles. The van der Waals surface area contributed by atoms with E-state index < -0.39 is 5.54 Å². The minimum absolute atomic E-state index is 0.249. The molecule has 0 saturated carbocycles. The van der Waals surface area contributed by atoms with E-state index in [2.05, 4.69) is 19.1 Å². The molecule has 1 rings (SSSR count). The van der Waals surface area contributed by atoms with Gasteiger partial charge in [0.15, 0.2) is 0 Å². The Morgan fingerprint density at radius 2 is 1.32 bits per heavy atom. The van der Waals surface area contributed by atoms with Crippen molar-refractivity contribution in [1.29, 1.82) is 0 Å². The van der Waals surface area contributed by atoms with Crippen LogP contribution in [0, 0.1) is 0 Å². The second-order valence-electron chi connectivity index (χ2n) is 6.39. The maximum absolute atomic E-state index is 9.30. The van der Waals surface area contributed by atoms with Gasteiger partial charge in [-0.2, -0.15) is 0 Å². The molecule has 3 heteroatoms. The predicted molar refractivity (Wildman–Crippen MR) is 92.8 cm³/mol. The molecule has 22 heavy (non-hydrogen) atoms. The summed E-state index contributed by atoms with van der Waals surface area (Å²) in [6.07, 6.45) is 11.7. The van der Waals surface area contributed by atoms with E-state index >= 15 is 0 Å². The van der Waals surface area contributed by atoms with Crippen molar-refractivity contribution in [3.63, 3.8) is 0 Å². The zero-order valence-corrected chi connectivity index (χ0v) is 14.1. The number of aliphatic hydroxyl groups is 2. The van der Waals surface area contributed by atoms with Crippen LogP contribution >= 0.6 is 0 Å². The smallest absolute Gasteiger partial charge is 0.0878 e. The SMILES string of the molecule is CCCCCCCCCCc1ccc(C(N)(CO)CO)cc1. The summed E-state index contributed by atoms with van der Waals surface area (Å²) < 4.78 is 0. The summed E-state index contributed by atoms with van der Waals surface area (Å²) in [7, 11) is 0. The first-order valence-corrected chi connectivity index (χ1v) is 8.76. The third-order valence-electron chi connectivity index (χ3n) is 4.41. The fraction of sp³-hybridized carbons (Fsp3) is 0.684. The van der Waals surface area contributed by atoms with E-state index in [1.54, 1.807) is 0 Å². The number of rotatable bonds is 12. The molecule has 4 N–H and O–H groups in total. The minimum atomic E-state index is -1.03. The Hall–Kier alpha value is -0.900. The molecule has 0 aliphatic carbocycles. The Kier molecular flexibility index (Phi) is 9.37. The highest BCUT2D eigenvalue weighted by atomic mass is 16.3. The standard InChI is InChI=1S/C19H33NO2/c1-2-3-4-5-6-7-8-9-10-17-11-13-18(14-12-17)19(20,15-21)16-22/h11-14,21-22H,2-10,15-16,20H2,1H3. The van der Waals surface area contributed by atoms with Gasteiger partial charge >= 0.3 is 0 Å². The van der Waals surface area contributed by atoms with E-state index in [0.717, 1.165) is 12.0 Å². The largest absolute Gasteiger partial charge is 0.394 e. The molecule has 0 aromatic heterocycles.